The molecular formula is C17H25N3O2. The highest BCUT2D eigenvalue weighted by atomic mass is 16.2. The van der Waals surface area contributed by atoms with Crippen molar-refractivity contribution in [3.63, 3.8) is 0 Å². The van der Waals surface area contributed by atoms with Gasteiger partial charge in [0.05, 0.1) is 0 Å². The van der Waals surface area contributed by atoms with Crippen molar-refractivity contribution < 1.29 is 9.59 Å². The zero-order valence-electron chi connectivity index (χ0n) is 13.5. The van der Waals surface area contributed by atoms with Gasteiger partial charge in [0.15, 0.2) is 0 Å². The molecule has 0 aliphatic heterocycles. The van der Waals surface area contributed by atoms with Crippen molar-refractivity contribution in [3.05, 3.63) is 35.9 Å². The number of amides is 2. The Morgan fingerprint density at radius 3 is 2.45 bits per heavy atom. The predicted molar refractivity (Wildman–Crippen MR) is 86.6 cm³/mol. The summed E-state index contributed by atoms with van der Waals surface area (Å²) in [6.45, 7) is 1.72. The van der Waals surface area contributed by atoms with Gasteiger partial charge >= 0.3 is 0 Å². The van der Waals surface area contributed by atoms with Gasteiger partial charge in [-0.25, -0.2) is 0 Å². The van der Waals surface area contributed by atoms with Crippen molar-refractivity contribution in [1.29, 1.82) is 0 Å². The topological polar surface area (TPSA) is 61.4 Å². The van der Waals surface area contributed by atoms with Crippen molar-refractivity contribution in [2.24, 2.45) is 0 Å². The van der Waals surface area contributed by atoms with Crippen LogP contribution in [0.3, 0.4) is 0 Å². The van der Waals surface area contributed by atoms with Gasteiger partial charge in [0.25, 0.3) is 5.91 Å². The molecule has 5 nitrogen and oxygen atoms in total. The third-order valence-corrected chi connectivity index (χ3v) is 4.26. The van der Waals surface area contributed by atoms with Crippen LogP contribution in [0.25, 0.3) is 0 Å². The summed E-state index contributed by atoms with van der Waals surface area (Å²) in [5.74, 6) is -0.338. The molecule has 2 amide bonds. The standard InChI is InChI=1S/C17H25N3O2/c1-12(18-17(22)13-7-5-4-6-8-13)16(21)19-14-9-10-15(11-14)20(2)3/h4-8,12,14-15H,9-11H2,1-3H3,(H,18,22)(H,19,21)/t12-,14-,15+/m0/s1. The Morgan fingerprint density at radius 1 is 1.18 bits per heavy atom. The molecule has 1 fully saturated rings. The summed E-state index contributed by atoms with van der Waals surface area (Å²) in [6, 6.07) is 9.13. The van der Waals surface area contributed by atoms with Crippen molar-refractivity contribution >= 4 is 11.8 Å². The molecule has 0 spiro atoms. The van der Waals surface area contributed by atoms with Crippen LogP contribution in [-0.4, -0.2) is 48.9 Å². The van der Waals surface area contributed by atoms with E-state index < -0.39 is 6.04 Å². The SMILES string of the molecule is C[C@H](NC(=O)c1ccccc1)C(=O)N[C@H]1CC[C@@H](N(C)C)C1. The largest absolute Gasteiger partial charge is 0.352 e. The monoisotopic (exact) mass is 303 g/mol. The maximum Gasteiger partial charge on any atom is 0.251 e. The lowest BCUT2D eigenvalue weighted by Crippen LogP contribution is -2.47. The van der Waals surface area contributed by atoms with E-state index in [4.69, 9.17) is 0 Å². The number of benzene rings is 1. The molecular weight excluding hydrogens is 278 g/mol. The Labute approximate surface area is 132 Å². The highest BCUT2D eigenvalue weighted by Crippen LogP contribution is 2.22. The first kappa shape index (κ1) is 16.5. The Hall–Kier alpha value is -1.88. The van der Waals surface area contributed by atoms with Gasteiger partial charge < -0.3 is 15.5 Å². The van der Waals surface area contributed by atoms with Crippen LogP contribution in [0.15, 0.2) is 30.3 Å². The predicted octanol–water partition coefficient (Wildman–Crippen LogP) is 1.40. The zero-order valence-corrected chi connectivity index (χ0v) is 13.5. The third kappa shape index (κ3) is 4.31. The average Bonchev–Trinajstić information content (AvgIpc) is 2.96. The first-order valence-electron chi connectivity index (χ1n) is 7.80. The van der Waals surface area contributed by atoms with Gasteiger partial charge in [0, 0.05) is 17.6 Å². The molecule has 1 aromatic rings. The second-order valence-electron chi connectivity index (χ2n) is 6.20. The minimum Gasteiger partial charge on any atom is -0.352 e. The minimum atomic E-state index is -0.536. The summed E-state index contributed by atoms with van der Waals surface area (Å²) in [6.07, 6.45) is 3.06. The number of carbonyl (C=O) groups is 2. The van der Waals surface area contributed by atoms with E-state index in [-0.39, 0.29) is 17.9 Å². The smallest absolute Gasteiger partial charge is 0.251 e. The molecule has 5 heteroatoms. The van der Waals surface area contributed by atoms with Gasteiger partial charge in [-0.1, -0.05) is 18.2 Å². The van der Waals surface area contributed by atoms with Crippen LogP contribution in [0.5, 0.6) is 0 Å². The van der Waals surface area contributed by atoms with Gasteiger partial charge in [0.1, 0.15) is 6.04 Å². The lowest BCUT2D eigenvalue weighted by molar-refractivity contribution is -0.123. The van der Waals surface area contributed by atoms with Crippen LogP contribution in [0.1, 0.15) is 36.5 Å². The molecule has 0 bridgehead atoms. The molecule has 1 aromatic carbocycles. The maximum absolute atomic E-state index is 12.2. The maximum atomic E-state index is 12.2. The Morgan fingerprint density at radius 2 is 1.86 bits per heavy atom. The van der Waals surface area contributed by atoms with Crippen molar-refractivity contribution in [2.45, 2.75) is 44.3 Å². The molecule has 1 aliphatic rings. The van der Waals surface area contributed by atoms with Gasteiger partial charge in [-0.05, 0) is 52.4 Å². The fourth-order valence-electron chi connectivity index (χ4n) is 2.82. The number of carbonyl (C=O) groups excluding carboxylic acids is 2. The molecule has 120 valence electrons. The summed E-state index contributed by atoms with van der Waals surface area (Å²) in [4.78, 5) is 26.4. The van der Waals surface area contributed by atoms with E-state index in [2.05, 4.69) is 29.6 Å². The average molecular weight is 303 g/mol. The normalized spacial score (nSPS) is 22.4. The summed E-state index contributed by atoms with van der Waals surface area (Å²) in [5.41, 5.74) is 0.565. The van der Waals surface area contributed by atoms with Gasteiger partial charge in [0.2, 0.25) is 5.91 Å². The first-order chi connectivity index (χ1) is 10.5. The van der Waals surface area contributed by atoms with E-state index in [9.17, 15) is 9.59 Å². The van der Waals surface area contributed by atoms with E-state index >= 15 is 0 Å². The number of nitrogens with zero attached hydrogens (tertiary/aromatic N) is 1. The van der Waals surface area contributed by atoms with Crippen LogP contribution in [-0.2, 0) is 4.79 Å². The van der Waals surface area contributed by atoms with Gasteiger partial charge in [-0.2, -0.15) is 0 Å². The first-order valence-corrected chi connectivity index (χ1v) is 7.80. The molecule has 1 aliphatic carbocycles. The molecule has 0 heterocycles. The summed E-state index contributed by atoms with van der Waals surface area (Å²) >= 11 is 0. The third-order valence-electron chi connectivity index (χ3n) is 4.26. The van der Waals surface area contributed by atoms with Crippen molar-refractivity contribution in [3.8, 4) is 0 Å². The molecule has 3 atom stereocenters. The molecule has 1 saturated carbocycles. The molecule has 0 aromatic heterocycles. The molecule has 0 unspecified atom stereocenters. The Bertz CT molecular complexity index is 516. The number of nitrogens with one attached hydrogen (secondary N) is 2. The van der Waals surface area contributed by atoms with E-state index in [1.807, 2.05) is 6.07 Å². The Kier molecular flexibility index (Phi) is 5.55. The second-order valence-corrected chi connectivity index (χ2v) is 6.20. The number of hydrogen-bond donors (Lipinski definition) is 2. The number of hydrogen-bond acceptors (Lipinski definition) is 3. The number of rotatable bonds is 5. The lowest BCUT2D eigenvalue weighted by atomic mass is 10.2. The quantitative estimate of drug-likeness (QED) is 0.864. The zero-order chi connectivity index (χ0) is 16.1. The summed E-state index contributed by atoms with van der Waals surface area (Å²) in [5, 5.41) is 5.78. The minimum absolute atomic E-state index is 0.117. The molecule has 22 heavy (non-hydrogen) atoms. The highest BCUT2D eigenvalue weighted by molar-refractivity contribution is 5.97. The summed E-state index contributed by atoms with van der Waals surface area (Å²) in [7, 11) is 4.13. The van der Waals surface area contributed by atoms with Crippen LogP contribution < -0.4 is 10.6 Å². The van der Waals surface area contributed by atoms with Crippen molar-refractivity contribution in [1.82, 2.24) is 15.5 Å². The van der Waals surface area contributed by atoms with Crippen molar-refractivity contribution in [2.75, 3.05) is 14.1 Å². The summed E-state index contributed by atoms with van der Waals surface area (Å²) < 4.78 is 0. The molecule has 2 N–H and O–H groups in total. The second kappa shape index (κ2) is 7.40. The van der Waals surface area contributed by atoms with E-state index in [1.54, 1.807) is 31.2 Å². The van der Waals surface area contributed by atoms with Gasteiger partial charge in [-0.15, -0.1) is 0 Å². The van der Waals surface area contributed by atoms with E-state index in [1.165, 1.54) is 0 Å². The molecule has 0 saturated heterocycles. The molecule has 0 radical (unpaired) electrons. The van der Waals surface area contributed by atoms with E-state index in [0.717, 1.165) is 19.3 Å². The van der Waals surface area contributed by atoms with Crippen LogP contribution in [0.2, 0.25) is 0 Å². The van der Waals surface area contributed by atoms with Crippen LogP contribution >= 0.6 is 0 Å². The highest BCUT2D eigenvalue weighted by Gasteiger charge is 2.28. The fraction of sp³-hybridized carbons (Fsp3) is 0.529. The van der Waals surface area contributed by atoms with E-state index in [0.29, 0.717) is 11.6 Å². The lowest BCUT2D eigenvalue weighted by Gasteiger charge is -2.20. The molecule has 2 rings (SSSR count). The fourth-order valence-corrected chi connectivity index (χ4v) is 2.82. The van der Waals surface area contributed by atoms with Gasteiger partial charge in [-0.3, -0.25) is 9.59 Å². The van der Waals surface area contributed by atoms with Crippen LogP contribution in [0, 0.1) is 0 Å². The van der Waals surface area contributed by atoms with Crippen LogP contribution in [0.4, 0.5) is 0 Å². The Balaban J connectivity index is 1.81.